The zero-order valence-electron chi connectivity index (χ0n) is 9.64. The first-order valence-corrected chi connectivity index (χ1v) is 5.04. The van der Waals surface area contributed by atoms with Gasteiger partial charge in [0.1, 0.15) is 0 Å². The lowest BCUT2D eigenvalue weighted by Crippen LogP contribution is -2.21. The number of ether oxygens (including phenoxy) is 1. The van der Waals surface area contributed by atoms with Gasteiger partial charge in [0.25, 0.3) is 5.97 Å². The number of carbonyl (C=O) groups is 1. The summed E-state index contributed by atoms with van der Waals surface area (Å²) in [4.78, 5) is 9.00. The minimum absolute atomic E-state index is 0.0127. The van der Waals surface area contributed by atoms with Crippen molar-refractivity contribution in [2.45, 2.75) is 45.8 Å². The van der Waals surface area contributed by atoms with Crippen LogP contribution >= 0.6 is 0 Å². The molecule has 0 aromatic carbocycles. The molecule has 5 nitrogen and oxygen atoms in total. The van der Waals surface area contributed by atoms with Crippen molar-refractivity contribution < 1.29 is 24.9 Å². The lowest BCUT2D eigenvalue weighted by Gasteiger charge is -2.13. The summed E-state index contributed by atoms with van der Waals surface area (Å²) in [5.41, 5.74) is 0. The third-order valence-electron chi connectivity index (χ3n) is 1.45. The van der Waals surface area contributed by atoms with Crippen molar-refractivity contribution in [1.29, 1.82) is 0 Å². The first kappa shape index (κ1) is 16.8. The predicted octanol–water partition coefficient (Wildman–Crippen LogP) is 0.636. The van der Waals surface area contributed by atoms with Crippen LogP contribution < -0.4 is 0 Å². The van der Waals surface area contributed by atoms with E-state index in [2.05, 4.69) is 0 Å². The van der Waals surface area contributed by atoms with E-state index in [0.717, 1.165) is 19.8 Å². The van der Waals surface area contributed by atoms with Crippen LogP contribution in [-0.4, -0.2) is 46.7 Å². The van der Waals surface area contributed by atoms with Gasteiger partial charge in [-0.05, 0) is 13.3 Å². The Morgan fingerprint density at radius 2 is 1.93 bits per heavy atom. The fourth-order valence-electron chi connectivity index (χ4n) is 0.745. The number of aliphatic carboxylic acids is 1. The molecular weight excluding hydrogens is 200 g/mol. The van der Waals surface area contributed by atoms with Crippen LogP contribution in [0.5, 0.6) is 0 Å². The molecule has 0 bridgehead atoms. The average molecular weight is 222 g/mol. The van der Waals surface area contributed by atoms with Gasteiger partial charge in [0.05, 0.1) is 25.4 Å². The third kappa shape index (κ3) is 19.7. The molecule has 0 radical (unpaired) electrons. The molecule has 2 atom stereocenters. The minimum Gasteiger partial charge on any atom is -0.481 e. The van der Waals surface area contributed by atoms with Crippen molar-refractivity contribution in [3.8, 4) is 0 Å². The van der Waals surface area contributed by atoms with Crippen LogP contribution in [0.1, 0.15) is 33.6 Å². The number of aliphatic hydroxyl groups excluding tert-OH is 2. The van der Waals surface area contributed by atoms with Gasteiger partial charge in [0, 0.05) is 6.92 Å². The van der Waals surface area contributed by atoms with Crippen LogP contribution in [0.25, 0.3) is 0 Å². The van der Waals surface area contributed by atoms with E-state index in [4.69, 9.17) is 19.7 Å². The monoisotopic (exact) mass is 222 g/mol. The third-order valence-corrected chi connectivity index (χ3v) is 1.45. The highest BCUT2D eigenvalue weighted by molar-refractivity contribution is 5.62. The maximum Gasteiger partial charge on any atom is 0.300 e. The molecule has 0 aliphatic heterocycles. The summed E-state index contributed by atoms with van der Waals surface area (Å²) in [6.45, 7) is 5.21. The second kappa shape index (κ2) is 11.4. The van der Waals surface area contributed by atoms with Crippen molar-refractivity contribution in [1.82, 2.24) is 0 Å². The van der Waals surface area contributed by atoms with Crippen molar-refractivity contribution in [2.75, 3.05) is 13.2 Å². The largest absolute Gasteiger partial charge is 0.481 e. The minimum atomic E-state index is -0.833. The molecule has 0 aromatic heterocycles. The summed E-state index contributed by atoms with van der Waals surface area (Å²) >= 11 is 0. The molecular formula is C10H22O5. The van der Waals surface area contributed by atoms with Gasteiger partial charge in [-0.25, -0.2) is 0 Å². The highest BCUT2D eigenvalue weighted by Gasteiger charge is 2.05. The molecule has 0 heterocycles. The Kier molecular flexibility index (Phi) is 12.8. The Labute approximate surface area is 90.7 Å². The predicted molar refractivity (Wildman–Crippen MR) is 56.7 cm³/mol. The van der Waals surface area contributed by atoms with Gasteiger partial charge in [0.2, 0.25) is 0 Å². The summed E-state index contributed by atoms with van der Waals surface area (Å²) in [6.07, 6.45) is 1.17. The molecule has 3 N–H and O–H groups in total. The Morgan fingerprint density at radius 3 is 2.27 bits per heavy atom. The molecule has 92 valence electrons. The summed E-state index contributed by atoms with van der Waals surface area (Å²) in [6, 6.07) is 0. The molecule has 5 heteroatoms. The fraction of sp³-hybridized carbons (Fsp3) is 0.900. The van der Waals surface area contributed by atoms with Gasteiger partial charge in [-0.3, -0.25) is 4.79 Å². The van der Waals surface area contributed by atoms with Gasteiger partial charge in [-0.15, -0.1) is 0 Å². The molecule has 0 saturated heterocycles. The summed E-state index contributed by atoms with van der Waals surface area (Å²) in [5.74, 6) is -0.833. The van der Waals surface area contributed by atoms with E-state index in [1.165, 1.54) is 0 Å². The van der Waals surface area contributed by atoms with Crippen LogP contribution in [0, 0.1) is 0 Å². The topological polar surface area (TPSA) is 87.0 Å². The molecule has 0 saturated carbocycles. The molecule has 0 spiro atoms. The van der Waals surface area contributed by atoms with Crippen LogP contribution in [-0.2, 0) is 9.53 Å². The number of aliphatic hydroxyl groups is 2. The molecule has 0 amide bonds. The SMILES string of the molecule is CC(=O)O.CCCC(O)COC(C)CO. The molecule has 15 heavy (non-hydrogen) atoms. The lowest BCUT2D eigenvalue weighted by atomic mass is 10.2. The zero-order valence-corrected chi connectivity index (χ0v) is 9.64. The highest BCUT2D eigenvalue weighted by Crippen LogP contribution is 1.98. The van der Waals surface area contributed by atoms with Gasteiger partial charge >= 0.3 is 0 Å². The van der Waals surface area contributed by atoms with Crippen molar-refractivity contribution in [3.63, 3.8) is 0 Å². The Bertz CT molecular complexity index is 145. The smallest absolute Gasteiger partial charge is 0.300 e. The van der Waals surface area contributed by atoms with E-state index < -0.39 is 5.97 Å². The van der Waals surface area contributed by atoms with E-state index in [-0.39, 0.29) is 18.8 Å². The van der Waals surface area contributed by atoms with Gasteiger partial charge in [-0.2, -0.15) is 0 Å². The van der Waals surface area contributed by atoms with E-state index in [1.807, 2.05) is 6.92 Å². The van der Waals surface area contributed by atoms with Crippen molar-refractivity contribution in [3.05, 3.63) is 0 Å². The molecule has 0 fully saturated rings. The number of hydrogen-bond acceptors (Lipinski definition) is 4. The Hall–Kier alpha value is -0.650. The number of carboxylic acid groups (broad SMARTS) is 1. The Balaban J connectivity index is 0. The molecule has 0 aliphatic rings. The van der Waals surface area contributed by atoms with Crippen LogP contribution in [0.15, 0.2) is 0 Å². The van der Waals surface area contributed by atoms with Gasteiger partial charge in [-0.1, -0.05) is 13.3 Å². The standard InChI is InChI=1S/C8H18O3.C2H4O2/c1-3-4-8(10)6-11-7(2)5-9;1-2(3)4/h7-10H,3-6H2,1-2H3;1H3,(H,3,4). The molecule has 0 aromatic rings. The summed E-state index contributed by atoms with van der Waals surface area (Å²) in [5, 5.41) is 25.2. The van der Waals surface area contributed by atoms with Crippen LogP contribution in [0.4, 0.5) is 0 Å². The van der Waals surface area contributed by atoms with E-state index in [0.29, 0.717) is 6.61 Å². The Morgan fingerprint density at radius 1 is 1.47 bits per heavy atom. The second-order valence-electron chi connectivity index (χ2n) is 3.29. The average Bonchev–Trinajstić information content (AvgIpc) is 2.14. The van der Waals surface area contributed by atoms with E-state index >= 15 is 0 Å². The lowest BCUT2D eigenvalue weighted by molar-refractivity contribution is -0.134. The second-order valence-corrected chi connectivity index (χ2v) is 3.29. The van der Waals surface area contributed by atoms with Gasteiger partial charge in [0.15, 0.2) is 0 Å². The number of carboxylic acids is 1. The quantitative estimate of drug-likeness (QED) is 0.613. The van der Waals surface area contributed by atoms with E-state index in [1.54, 1.807) is 6.92 Å². The maximum atomic E-state index is 9.19. The van der Waals surface area contributed by atoms with Crippen LogP contribution in [0.2, 0.25) is 0 Å². The first-order chi connectivity index (χ1) is 6.93. The summed E-state index contributed by atoms with van der Waals surface area (Å²) in [7, 11) is 0. The highest BCUT2D eigenvalue weighted by atomic mass is 16.5. The molecule has 0 rings (SSSR count). The summed E-state index contributed by atoms with van der Waals surface area (Å²) < 4.78 is 5.11. The first-order valence-electron chi connectivity index (χ1n) is 5.04. The zero-order chi connectivity index (χ0) is 12.3. The van der Waals surface area contributed by atoms with Crippen molar-refractivity contribution >= 4 is 5.97 Å². The fourth-order valence-corrected chi connectivity index (χ4v) is 0.745. The van der Waals surface area contributed by atoms with Crippen LogP contribution in [0.3, 0.4) is 0 Å². The van der Waals surface area contributed by atoms with Crippen molar-refractivity contribution in [2.24, 2.45) is 0 Å². The maximum absolute atomic E-state index is 9.19. The normalized spacial score (nSPS) is 13.7. The van der Waals surface area contributed by atoms with Gasteiger partial charge < -0.3 is 20.1 Å². The number of rotatable bonds is 6. The molecule has 0 aliphatic carbocycles. The molecule has 2 unspecified atom stereocenters. The van der Waals surface area contributed by atoms with E-state index in [9.17, 15) is 5.11 Å². The number of hydrogen-bond donors (Lipinski definition) is 3.